The second-order valence-electron chi connectivity index (χ2n) is 3.55. The monoisotopic (exact) mass is 243 g/mol. The lowest BCUT2D eigenvalue weighted by Gasteiger charge is -2.06. The molecule has 1 aromatic carbocycles. The number of rotatable bonds is 4. The van der Waals surface area contributed by atoms with Crippen molar-refractivity contribution in [3.05, 3.63) is 41.3 Å². The van der Waals surface area contributed by atoms with Crippen LogP contribution in [0.3, 0.4) is 0 Å². The summed E-state index contributed by atoms with van der Waals surface area (Å²) in [5.41, 5.74) is 2.13. The molecule has 2 aromatic rings. The van der Waals surface area contributed by atoms with E-state index < -0.39 is 0 Å². The summed E-state index contributed by atoms with van der Waals surface area (Å²) in [6.07, 6.45) is 0.401. The lowest BCUT2D eigenvalue weighted by molar-refractivity contribution is 0.340. The molecule has 1 heterocycles. The van der Waals surface area contributed by atoms with E-state index in [9.17, 15) is 0 Å². The third-order valence-corrected chi connectivity index (χ3v) is 3.47. The van der Waals surface area contributed by atoms with Gasteiger partial charge in [0.2, 0.25) is 0 Å². The molecule has 0 bridgehead atoms. The zero-order valence-electron chi connectivity index (χ0n) is 9.64. The van der Waals surface area contributed by atoms with Crippen LogP contribution in [0.25, 0.3) is 10.4 Å². The maximum Gasteiger partial charge on any atom is 0.142 e. The Bertz CT molecular complexity index is 525. The highest BCUT2D eigenvalue weighted by molar-refractivity contribution is 7.14. The molecule has 1 aromatic heterocycles. The van der Waals surface area contributed by atoms with Crippen LogP contribution in [0.2, 0.25) is 0 Å². The molecule has 0 saturated heterocycles. The van der Waals surface area contributed by atoms with E-state index in [0.29, 0.717) is 13.0 Å². The smallest absolute Gasteiger partial charge is 0.142 e. The summed E-state index contributed by atoms with van der Waals surface area (Å²) in [5.74, 6) is 0.866. The summed E-state index contributed by atoms with van der Waals surface area (Å²) in [6.45, 7) is 2.58. The number of hydrogen-bond acceptors (Lipinski definition) is 3. The second kappa shape index (κ2) is 5.51. The maximum absolute atomic E-state index is 8.79. The number of thiophene rings is 1. The van der Waals surface area contributed by atoms with Crippen molar-refractivity contribution in [2.24, 2.45) is 0 Å². The average Bonchev–Trinajstić information content (AvgIpc) is 2.75. The first-order valence-electron chi connectivity index (χ1n) is 5.52. The van der Waals surface area contributed by atoms with Crippen LogP contribution in [-0.4, -0.2) is 6.61 Å². The first-order valence-corrected chi connectivity index (χ1v) is 6.40. The van der Waals surface area contributed by atoms with Crippen LogP contribution < -0.4 is 4.74 Å². The van der Waals surface area contributed by atoms with Gasteiger partial charge in [0.15, 0.2) is 0 Å². The Morgan fingerprint density at radius 3 is 2.71 bits per heavy atom. The van der Waals surface area contributed by atoms with Gasteiger partial charge in [0.05, 0.1) is 24.0 Å². The normalized spacial score (nSPS) is 9.88. The summed E-state index contributed by atoms with van der Waals surface area (Å²) in [6, 6.07) is 12.3. The van der Waals surface area contributed by atoms with Gasteiger partial charge in [0.1, 0.15) is 5.75 Å². The van der Waals surface area contributed by atoms with Crippen molar-refractivity contribution in [3.8, 4) is 22.3 Å². The maximum atomic E-state index is 8.79. The van der Waals surface area contributed by atoms with Gasteiger partial charge in [-0.05, 0) is 17.9 Å². The van der Waals surface area contributed by atoms with Crippen LogP contribution in [-0.2, 0) is 6.42 Å². The molecule has 0 spiro atoms. The molecule has 0 amide bonds. The topological polar surface area (TPSA) is 33.0 Å². The van der Waals surface area contributed by atoms with E-state index in [2.05, 4.69) is 18.2 Å². The molecule has 0 N–H and O–H groups in total. The molecule has 3 heteroatoms. The molecule has 17 heavy (non-hydrogen) atoms. The highest BCUT2D eigenvalue weighted by Gasteiger charge is 2.13. The van der Waals surface area contributed by atoms with Gasteiger partial charge < -0.3 is 4.74 Å². The molecule has 86 valence electrons. The van der Waals surface area contributed by atoms with Crippen molar-refractivity contribution in [1.29, 1.82) is 5.26 Å². The zero-order chi connectivity index (χ0) is 12.1. The molecule has 0 radical (unpaired) electrons. The molecule has 0 fully saturated rings. The van der Waals surface area contributed by atoms with E-state index in [1.807, 2.05) is 30.5 Å². The predicted molar refractivity (Wildman–Crippen MR) is 70.2 cm³/mol. The summed E-state index contributed by atoms with van der Waals surface area (Å²) in [4.78, 5) is 1.11. The molecule has 0 atom stereocenters. The molecular weight excluding hydrogens is 230 g/mol. The van der Waals surface area contributed by atoms with Gasteiger partial charge in [-0.2, -0.15) is 5.26 Å². The number of ether oxygens (including phenoxy) is 1. The fraction of sp³-hybridized carbons (Fsp3) is 0.214. The van der Waals surface area contributed by atoms with Crippen molar-refractivity contribution in [2.75, 3.05) is 6.61 Å². The predicted octanol–water partition coefficient (Wildman–Crippen LogP) is 3.88. The minimum atomic E-state index is 0.401. The minimum Gasteiger partial charge on any atom is -0.492 e. The minimum absolute atomic E-state index is 0.401. The summed E-state index contributed by atoms with van der Waals surface area (Å²) in [7, 11) is 0. The molecule has 0 saturated carbocycles. The van der Waals surface area contributed by atoms with Crippen LogP contribution in [0, 0.1) is 11.3 Å². The van der Waals surface area contributed by atoms with Crippen molar-refractivity contribution in [2.45, 2.75) is 13.3 Å². The molecule has 2 rings (SSSR count). The third kappa shape index (κ3) is 2.48. The number of hydrogen-bond donors (Lipinski definition) is 0. The molecule has 0 aliphatic heterocycles. The standard InChI is InChI=1S/C14H13NOS/c1-2-16-13-12(8-9-15)10-17-14(13)11-6-4-3-5-7-11/h3-7,10H,2,8H2,1H3. The van der Waals surface area contributed by atoms with E-state index >= 15 is 0 Å². The van der Waals surface area contributed by atoms with E-state index in [4.69, 9.17) is 10.00 Å². The van der Waals surface area contributed by atoms with Gasteiger partial charge in [0, 0.05) is 5.56 Å². The molecule has 2 nitrogen and oxygen atoms in total. The van der Waals surface area contributed by atoms with Gasteiger partial charge >= 0.3 is 0 Å². The Kier molecular flexibility index (Phi) is 3.79. The number of nitriles is 1. The van der Waals surface area contributed by atoms with Gasteiger partial charge in [0.25, 0.3) is 0 Å². The summed E-state index contributed by atoms with van der Waals surface area (Å²) >= 11 is 1.63. The SMILES string of the molecule is CCOc1c(CC#N)csc1-c1ccccc1. The van der Waals surface area contributed by atoms with Crippen LogP contribution in [0.15, 0.2) is 35.7 Å². The van der Waals surface area contributed by atoms with Gasteiger partial charge in [-0.25, -0.2) is 0 Å². The average molecular weight is 243 g/mol. The van der Waals surface area contributed by atoms with Crippen LogP contribution >= 0.6 is 11.3 Å². The molecule has 0 aliphatic carbocycles. The van der Waals surface area contributed by atoms with Crippen molar-refractivity contribution >= 4 is 11.3 Å². The Hall–Kier alpha value is -1.79. The highest BCUT2D eigenvalue weighted by atomic mass is 32.1. The quantitative estimate of drug-likeness (QED) is 0.816. The molecule has 0 unspecified atom stereocenters. The van der Waals surface area contributed by atoms with Crippen molar-refractivity contribution < 1.29 is 4.74 Å². The van der Waals surface area contributed by atoms with E-state index in [0.717, 1.165) is 21.8 Å². The first kappa shape index (κ1) is 11.7. The second-order valence-corrected chi connectivity index (χ2v) is 4.43. The Morgan fingerprint density at radius 1 is 1.29 bits per heavy atom. The number of benzene rings is 1. The van der Waals surface area contributed by atoms with Crippen LogP contribution in [0.4, 0.5) is 0 Å². The van der Waals surface area contributed by atoms with E-state index in [-0.39, 0.29) is 0 Å². The first-order chi connectivity index (χ1) is 8.36. The zero-order valence-corrected chi connectivity index (χ0v) is 10.5. The van der Waals surface area contributed by atoms with Crippen LogP contribution in [0.5, 0.6) is 5.75 Å². The fourth-order valence-electron chi connectivity index (χ4n) is 1.68. The number of nitrogens with zero attached hydrogens (tertiary/aromatic N) is 1. The van der Waals surface area contributed by atoms with E-state index in [1.54, 1.807) is 11.3 Å². The van der Waals surface area contributed by atoms with Crippen molar-refractivity contribution in [3.63, 3.8) is 0 Å². The summed E-state index contributed by atoms with van der Waals surface area (Å²) in [5, 5.41) is 10.8. The Labute approximate surface area is 105 Å². The Morgan fingerprint density at radius 2 is 2.06 bits per heavy atom. The Balaban J connectivity index is 2.44. The molecule has 0 aliphatic rings. The molecular formula is C14H13NOS. The summed E-state index contributed by atoms with van der Waals surface area (Å²) < 4.78 is 5.67. The highest BCUT2D eigenvalue weighted by Crippen LogP contribution is 2.39. The fourth-order valence-corrected chi connectivity index (χ4v) is 2.70. The largest absolute Gasteiger partial charge is 0.492 e. The lowest BCUT2D eigenvalue weighted by atomic mass is 10.1. The van der Waals surface area contributed by atoms with Gasteiger partial charge in [-0.15, -0.1) is 11.3 Å². The van der Waals surface area contributed by atoms with E-state index in [1.165, 1.54) is 0 Å². The van der Waals surface area contributed by atoms with Crippen molar-refractivity contribution in [1.82, 2.24) is 0 Å². The van der Waals surface area contributed by atoms with Gasteiger partial charge in [-0.1, -0.05) is 30.3 Å². The third-order valence-electron chi connectivity index (χ3n) is 2.41. The van der Waals surface area contributed by atoms with Crippen LogP contribution in [0.1, 0.15) is 12.5 Å². The lowest BCUT2D eigenvalue weighted by Crippen LogP contribution is -1.94. The van der Waals surface area contributed by atoms with Gasteiger partial charge in [-0.3, -0.25) is 0 Å².